The SMILES string of the molecule is CCCCCC/C=C\C/C=C\CCCCCCCCCC(=O)OCCCCCCCCCCCCCCCCCCCCCCCCCCCCCCCCCCC(=O)NC(CO)C(O)/C=C/CCCCCCCCCCCCCCCCCCCCCC. The molecule has 0 radical (unpaired) electrons. The van der Waals surface area contributed by atoms with Crippen molar-refractivity contribution in [3.63, 3.8) is 0 Å². The molecule has 0 saturated heterocycles. The van der Waals surface area contributed by atoms with Gasteiger partial charge in [-0.2, -0.15) is 0 Å². The zero-order valence-corrected chi connectivity index (χ0v) is 60.4. The van der Waals surface area contributed by atoms with Crippen molar-refractivity contribution >= 4 is 11.9 Å². The highest BCUT2D eigenvalue weighted by Crippen LogP contribution is 2.20. The quantitative estimate of drug-likeness (QED) is 0.0320. The first-order chi connectivity index (χ1) is 44.0. The molecular weight excluding hydrogens is 1090 g/mol. The van der Waals surface area contributed by atoms with Crippen molar-refractivity contribution in [3.8, 4) is 0 Å². The molecule has 0 bridgehead atoms. The minimum Gasteiger partial charge on any atom is -0.466 e. The minimum atomic E-state index is -0.843. The van der Waals surface area contributed by atoms with E-state index in [9.17, 15) is 19.8 Å². The lowest BCUT2D eigenvalue weighted by molar-refractivity contribution is -0.143. The Morgan fingerprint density at radius 2 is 0.562 bits per heavy atom. The first-order valence-electron chi connectivity index (χ1n) is 40.8. The number of amides is 1. The smallest absolute Gasteiger partial charge is 0.305 e. The normalized spacial score (nSPS) is 12.6. The van der Waals surface area contributed by atoms with Gasteiger partial charge in [-0.05, 0) is 64.2 Å². The summed E-state index contributed by atoms with van der Waals surface area (Å²) in [6.45, 7) is 4.94. The molecule has 0 heterocycles. The Bertz CT molecular complexity index is 1440. The number of carbonyl (C=O) groups is 2. The number of hydrogen-bond donors (Lipinski definition) is 3. The molecule has 1 amide bonds. The third-order valence-electron chi connectivity index (χ3n) is 19.2. The van der Waals surface area contributed by atoms with Gasteiger partial charge in [-0.25, -0.2) is 0 Å². The molecule has 0 aromatic carbocycles. The van der Waals surface area contributed by atoms with Crippen molar-refractivity contribution in [3.05, 3.63) is 36.5 Å². The van der Waals surface area contributed by atoms with Gasteiger partial charge in [-0.15, -0.1) is 0 Å². The second-order valence-electron chi connectivity index (χ2n) is 28.1. The summed E-state index contributed by atoms with van der Waals surface area (Å²) in [6, 6.07) is -0.626. The molecule has 3 N–H and O–H groups in total. The number of allylic oxidation sites excluding steroid dienone is 5. The van der Waals surface area contributed by atoms with Gasteiger partial charge in [0.1, 0.15) is 0 Å². The maximum atomic E-state index is 12.6. The predicted octanol–water partition coefficient (Wildman–Crippen LogP) is 27.0. The Morgan fingerprint density at radius 3 is 0.865 bits per heavy atom. The van der Waals surface area contributed by atoms with Gasteiger partial charge in [0.15, 0.2) is 0 Å². The molecule has 0 aliphatic carbocycles. The van der Waals surface area contributed by atoms with Gasteiger partial charge in [-0.1, -0.05) is 416 Å². The standard InChI is InChI=1S/C83H159NO5/c1-3-5-7-9-11-13-15-17-19-21-23-24-37-40-43-47-51-55-59-63-67-71-75-81(86)80(79-85)84-82(87)76-72-68-64-60-56-52-48-44-41-38-35-33-31-29-27-25-26-28-30-32-34-36-39-42-46-50-54-58-62-66-70-74-78-89-83(88)77-73-69-65-61-57-53-49-45-22-20-18-16-14-12-10-8-6-4-2/h14,16,20,22,71,75,80-81,85-86H,3-13,15,17-19,21,23-70,72-74,76-79H2,1-2H3,(H,84,87)/b16-14-,22-20-,75-71+. The highest BCUT2D eigenvalue weighted by Gasteiger charge is 2.18. The summed E-state index contributed by atoms with van der Waals surface area (Å²) in [6.07, 6.45) is 103. The van der Waals surface area contributed by atoms with E-state index in [2.05, 4.69) is 43.5 Å². The zero-order valence-electron chi connectivity index (χ0n) is 60.4. The number of aliphatic hydroxyl groups excluding tert-OH is 2. The first-order valence-corrected chi connectivity index (χ1v) is 40.8. The number of esters is 1. The van der Waals surface area contributed by atoms with E-state index in [0.717, 1.165) is 51.4 Å². The summed E-state index contributed by atoms with van der Waals surface area (Å²) >= 11 is 0. The number of aliphatic hydroxyl groups is 2. The van der Waals surface area contributed by atoms with Crippen LogP contribution >= 0.6 is 0 Å². The van der Waals surface area contributed by atoms with E-state index < -0.39 is 12.1 Å². The minimum absolute atomic E-state index is 0.0144. The van der Waals surface area contributed by atoms with Gasteiger partial charge < -0.3 is 20.3 Å². The van der Waals surface area contributed by atoms with Crippen molar-refractivity contribution in [1.29, 1.82) is 0 Å². The summed E-state index contributed by atoms with van der Waals surface area (Å²) < 4.78 is 5.51. The molecule has 2 atom stereocenters. The Morgan fingerprint density at radius 1 is 0.315 bits per heavy atom. The average Bonchev–Trinajstić information content (AvgIpc) is 3.54. The summed E-state index contributed by atoms with van der Waals surface area (Å²) in [5, 5.41) is 23.3. The summed E-state index contributed by atoms with van der Waals surface area (Å²) in [5.74, 6) is -0.0442. The number of hydrogen-bond acceptors (Lipinski definition) is 5. The lowest BCUT2D eigenvalue weighted by atomic mass is 10.0. The molecule has 0 aliphatic rings. The van der Waals surface area contributed by atoms with E-state index >= 15 is 0 Å². The van der Waals surface area contributed by atoms with Crippen LogP contribution in [0.4, 0.5) is 0 Å². The maximum Gasteiger partial charge on any atom is 0.305 e. The monoisotopic (exact) mass is 1250 g/mol. The fourth-order valence-corrected chi connectivity index (χ4v) is 13.0. The van der Waals surface area contributed by atoms with Gasteiger partial charge in [-0.3, -0.25) is 9.59 Å². The van der Waals surface area contributed by atoms with Crippen LogP contribution in [0.5, 0.6) is 0 Å². The molecule has 2 unspecified atom stereocenters. The summed E-state index contributed by atoms with van der Waals surface area (Å²) in [7, 11) is 0. The van der Waals surface area contributed by atoms with E-state index in [1.165, 1.54) is 379 Å². The van der Waals surface area contributed by atoms with Gasteiger partial charge >= 0.3 is 5.97 Å². The Kier molecular flexibility index (Phi) is 76.8. The Balaban J connectivity index is 3.35. The van der Waals surface area contributed by atoms with Crippen LogP contribution < -0.4 is 5.32 Å². The van der Waals surface area contributed by atoms with Crippen molar-refractivity contribution in [2.45, 2.75) is 469 Å². The van der Waals surface area contributed by atoms with E-state index in [-0.39, 0.29) is 18.5 Å². The van der Waals surface area contributed by atoms with Crippen molar-refractivity contribution in [2.24, 2.45) is 0 Å². The lowest BCUT2D eigenvalue weighted by Gasteiger charge is -2.20. The van der Waals surface area contributed by atoms with E-state index in [1.807, 2.05) is 6.08 Å². The molecule has 0 aliphatic heterocycles. The highest BCUT2D eigenvalue weighted by atomic mass is 16.5. The van der Waals surface area contributed by atoms with Crippen molar-refractivity contribution in [1.82, 2.24) is 5.32 Å². The largest absolute Gasteiger partial charge is 0.466 e. The average molecular weight is 1250 g/mol. The number of nitrogens with one attached hydrogen (secondary N) is 1. The number of carbonyl (C=O) groups excluding carboxylic acids is 2. The topological polar surface area (TPSA) is 95.9 Å². The van der Waals surface area contributed by atoms with Crippen molar-refractivity contribution in [2.75, 3.05) is 13.2 Å². The molecule has 526 valence electrons. The van der Waals surface area contributed by atoms with Crippen LogP contribution in [0.3, 0.4) is 0 Å². The molecule has 6 nitrogen and oxygen atoms in total. The molecule has 0 spiro atoms. The third kappa shape index (κ3) is 75.0. The molecule has 0 fully saturated rings. The molecule has 0 aromatic heterocycles. The first kappa shape index (κ1) is 87.1. The fraction of sp³-hybridized carbons (Fsp3) is 0.904. The van der Waals surface area contributed by atoms with E-state index in [1.54, 1.807) is 6.08 Å². The van der Waals surface area contributed by atoms with Crippen LogP contribution in [-0.2, 0) is 14.3 Å². The molecule has 0 rings (SSSR count). The van der Waals surface area contributed by atoms with Crippen LogP contribution in [0.15, 0.2) is 36.5 Å². The predicted molar refractivity (Wildman–Crippen MR) is 393 cm³/mol. The van der Waals surface area contributed by atoms with E-state index in [0.29, 0.717) is 19.4 Å². The third-order valence-corrected chi connectivity index (χ3v) is 19.2. The molecule has 0 aromatic rings. The van der Waals surface area contributed by atoms with Crippen molar-refractivity contribution < 1.29 is 24.5 Å². The van der Waals surface area contributed by atoms with Gasteiger partial charge in [0.25, 0.3) is 0 Å². The summed E-state index contributed by atoms with van der Waals surface area (Å²) in [5.41, 5.74) is 0. The molecule has 6 heteroatoms. The van der Waals surface area contributed by atoms with Crippen LogP contribution in [0.2, 0.25) is 0 Å². The van der Waals surface area contributed by atoms with Crippen LogP contribution in [0, 0.1) is 0 Å². The second kappa shape index (κ2) is 78.5. The molecular formula is C83H159NO5. The molecule has 0 saturated carbocycles. The fourth-order valence-electron chi connectivity index (χ4n) is 13.0. The van der Waals surface area contributed by atoms with Gasteiger partial charge in [0.05, 0.1) is 25.4 Å². The number of ether oxygens (including phenoxy) is 1. The number of unbranched alkanes of at least 4 members (excludes halogenated alkanes) is 62. The van der Waals surface area contributed by atoms with E-state index in [4.69, 9.17) is 4.74 Å². The molecule has 89 heavy (non-hydrogen) atoms. The Hall–Kier alpha value is -1.92. The zero-order chi connectivity index (χ0) is 64.2. The Labute approximate surface area is 557 Å². The van der Waals surface area contributed by atoms with Crippen LogP contribution in [0.1, 0.15) is 457 Å². The maximum absolute atomic E-state index is 12.6. The van der Waals surface area contributed by atoms with Gasteiger partial charge in [0, 0.05) is 12.8 Å². The van der Waals surface area contributed by atoms with Gasteiger partial charge in [0.2, 0.25) is 5.91 Å². The lowest BCUT2D eigenvalue weighted by Crippen LogP contribution is -2.45. The van der Waals surface area contributed by atoms with Crippen LogP contribution in [-0.4, -0.2) is 47.4 Å². The summed E-state index contributed by atoms with van der Waals surface area (Å²) in [4.78, 5) is 24.7. The number of rotatable bonds is 77. The second-order valence-corrected chi connectivity index (χ2v) is 28.1. The highest BCUT2D eigenvalue weighted by molar-refractivity contribution is 5.76. The van der Waals surface area contributed by atoms with Crippen LogP contribution in [0.25, 0.3) is 0 Å².